The van der Waals surface area contributed by atoms with Gasteiger partial charge < -0.3 is 10.7 Å². The Bertz CT molecular complexity index is 803. The second-order valence-corrected chi connectivity index (χ2v) is 6.05. The van der Waals surface area contributed by atoms with Crippen molar-refractivity contribution in [3.8, 4) is 0 Å². The van der Waals surface area contributed by atoms with Gasteiger partial charge in [-0.2, -0.15) is 0 Å². The normalized spacial score (nSPS) is 11.2. The smallest absolute Gasteiger partial charge is 0.259 e. The zero-order valence-electron chi connectivity index (χ0n) is 11.8. The summed E-state index contributed by atoms with van der Waals surface area (Å²) < 4.78 is 0. The van der Waals surface area contributed by atoms with E-state index in [1.54, 1.807) is 18.3 Å². The number of rotatable bonds is 3. The van der Waals surface area contributed by atoms with Crippen molar-refractivity contribution in [3.05, 3.63) is 41.0 Å². The van der Waals surface area contributed by atoms with Crippen LogP contribution in [0.4, 0.5) is 10.8 Å². The molecule has 0 bridgehead atoms. The number of carbonyl (C=O) groups excluding carboxylic acids is 1. The van der Waals surface area contributed by atoms with Crippen molar-refractivity contribution in [2.75, 3.05) is 11.1 Å². The van der Waals surface area contributed by atoms with E-state index < -0.39 is 0 Å². The predicted octanol–water partition coefficient (Wildman–Crippen LogP) is 3.58. The number of amides is 1. The summed E-state index contributed by atoms with van der Waals surface area (Å²) in [6.45, 7) is 4.15. The van der Waals surface area contributed by atoms with Gasteiger partial charge in [0.05, 0.1) is 11.3 Å². The lowest BCUT2D eigenvalue weighted by atomic mass is 10.1. The Hall–Kier alpha value is -2.34. The Morgan fingerprint density at radius 3 is 2.95 bits per heavy atom. The number of nitrogens with one attached hydrogen (secondary N) is 2. The van der Waals surface area contributed by atoms with Gasteiger partial charge in [0, 0.05) is 28.2 Å². The zero-order chi connectivity index (χ0) is 15.0. The molecule has 108 valence electrons. The molecule has 0 aliphatic rings. The Morgan fingerprint density at radius 1 is 1.43 bits per heavy atom. The van der Waals surface area contributed by atoms with Gasteiger partial charge in [0.25, 0.3) is 5.91 Å². The van der Waals surface area contributed by atoms with Crippen LogP contribution in [0, 0.1) is 0 Å². The summed E-state index contributed by atoms with van der Waals surface area (Å²) in [5.74, 6) is 0.163. The number of thiazole rings is 1. The summed E-state index contributed by atoms with van der Waals surface area (Å²) in [6, 6.07) is 5.46. The van der Waals surface area contributed by atoms with Gasteiger partial charge in [0.1, 0.15) is 0 Å². The molecule has 0 radical (unpaired) electrons. The molecule has 3 rings (SSSR count). The number of nitrogen functional groups attached to an aromatic ring is 1. The van der Waals surface area contributed by atoms with Gasteiger partial charge in [0.2, 0.25) is 0 Å². The third-order valence-corrected chi connectivity index (χ3v) is 4.06. The van der Waals surface area contributed by atoms with Crippen LogP contribution in [0.15, 0.2) is 29.8 Å². The molecule has 2 heterocycles. The van der Waals surface area contributed by atoms with Crippen LogP contribution in [-0.4, -0.2) is 15.9 Å². The van der Waals surface area contributed by atoms with E-state index in [1.165, 1.54) is 11.3 Å². The number of carbonyl (C=O) groups is 1. The maximum absolute atomic E-state index is 12.4. The number of aromatic amines is 1. The number of nitrogens with two attached hydrogens (primary N) is 1. The molecule has 3 aromatic rings. The van der Waals surface area contributed by atoms with E-state index in [9.17, 15) is 4.79 Å². The highest BCUT2D eigenvalue weighted by molar-refractivity contribution is 7.14. The maximum Gasteiger partial charge on any atom is 0.259 e. The van der Waals surface area contributed by atoms with Crippen molar-refractivity contribution in [3.63, 3.8) is 0 Å². The lowest BCUT2D eigenvalue weighted by molar-refractivity contribution is 0.102. The van der Waals surface area contributed by atoms with Crippen molar-refractivity contribution in [2.24, 2.45) is 0 Å². The summed E-state index contributed by atoms with van der Waals surface area (Å²) in [5.41, 5.74) is 8.86. The molecule has 0 unspecified atom stereocenters. The summed E-state index contributed by atoms with van der Waals surface area (Å²) in [4.78, 5) is 19.9. The number of H-pyrrole nitrogens is 1. The molecule has 0 fully saturated rings. The van der Waals surface area contributed by atoms with E-state index in [1.807, 2.05) is 11.4 Å². The average Bonchev–Trinajstić information content (AvgIpc) is 3.04. The number of anilines is 2. The minimum absolute atomic E-state index is 0.184. The molecule has 0 atom stereocenters. The van der Waals surface area contributed by atoms with E-state index in [0.29, 0.717) is 22.3 Å². The van der Waals surface area contributed by atoms with Crippen molar-refractivity contribution >= 4 is 39.0 Å². The lowest BCUT2D eigenvalue weighted by Crippen LogP contribution is -2.11. The minimum Gasteiger partial charge on any atom is -0.399 e. The molecule has 6 heteroatoms. The zero-order valence-corrected chi connectivity index (χ0v) is 12.6. The first-order valence-corrected chi connectivity index (χ1v) is 7.56. The van der Waals surface area contributed by atoms with Crippen LogP contribution in [0.3, 0.4) is 0 Å². The Morgan fingerprint density at radius 2 is 2.24 bits per heavy atom. The fraction of sp³-hybridized carbons (Fsp3) is 0.200. The molecule has 0 spiro atoms. The highest BCUT2D eigenvalue weighted by atomic mass is 32.1. The SMILES string of the molecule is CC(C)c1csc(NC(=O)c2c[nH]c3ccc(N)cc23)n1. The average molecular weight is 300 g/mol. The standard InChI is InChI=1S/C15H16N4OS/c1-8(2)13-7-21-15(18-13)19-14(20)11-6-17-12-4-3-9(16)5-10(11)12/h3-8,17H,16H2,1-2H3,(H,18,19,20). The number of fused-ring (bicyclic) bond motifs is 1. The van der Waals surface area contributed by atoms with Gasteiger partial charge >= 0.3 is 0 Å². The van der Waals surface area contributed by atoms with E-state index in [0.717, 1.165) is 16.6 Å². The summed E-state index contributed by atoms with van der Waals surface area (Å²) in [5, 5.41) is 6.23. The van der Waals surface area contributed by atoms with Gasteiger partial charge in [-0.3, -0.25) is 10.1 Å². The van der Waals surface area contributed by atoms with Crippen LogP contribution in [0.2, 0.25) is 0 Å². The Kier molecular flexibility index (Phi) is 3.39. The van der Waals surface area contributed by atoms with Gasteiger partial charge in [-0.25, -0.2) is 4.98 Å². The van der Waals surface area contributed by atoms with Crippen LogP contribution >= 0.6 is 11.3 Å². The van der Waals surface area contributed by atoms with Crippen LogP contribution in [0.5, 0.6) is 0 Å². The number of hydrogen-bond donors (Lipinski definition) is 3. The van der Waals surface area contributed by atoms with Gasteiger partial charge in [0.15, 0.2) is 5.13 Å². The Balaban J connectivity index is 1.88. The first-order chi connectivity index (χ1) is 10.0. The second kappa shape index (κ2) is 5.21. The fourth-order valence-corrected chi connectivity index (χ4v) is 2.97. The third kappa shape index (κ3) is 2.62. The van der Waals surface area contributed by atoms with Crippen LogP contribution in [-0.2, 0) is 0 Å². The van der Waals surface area contributed by atoms with Gasteiger partial charge in [-0.15, -0.1) is 11.3 Å². The molecule has 1 amide bonds. The van der Waals surface area contributed by atoms with Crippen molar-refractivity contribution in [2.45, 2.75) is 19.8 Å². The molecule has 0 aliphatic carbocycles. The van der Waals surface area contributed by atoms with Crippen molar-refractivity contribution in [1.82, 2.24) is 9.97 Å². The highest BCUT2D eigenvalue weighted by Gasteiger charge is 2.14. The van der Waals surface area contributed by atoms with Crippen molar-refractivity contribution < 1.29 is 4.79 Å². The van der Waals surface area contributed by atoms with Gasteiger partial charge in [-0.05, 0) is 24.1 Å². The molecular formula is C15H16N4OS. The first kappa shape index (κ1) is 13.6. The molecule has 5 nitrogen and oxygen atoms in total. The molecule has 1 aromatic carbocycles. The molecular weight excluding hydrogens is 284 g/mol. The summed E-state index contributed by atoms with van der Waals surface area (Å²) in [7, 11) is 0. The summed E-state index contributed by atoms with van der Waals surface area (Å²) in [6.07, 6.45) is 1.69. The molecule has 21 heavy (non-hydrogen) atoms. The Labute approximate surface area is 126 Å². The third-order valence-electron chi connectivity index (χ3n) is 3.28. The first-order valence-electron chi connectivity index (χ1n) is 6.68. The monoisotopic (exact) mass is 300 g/mol. The van der Waals surface area contributed by atoms with E-state index in [2.05, 4.69) is 29.1 Å². The molecule has 4 N–H and O–H groups in total. The number of aromatic nitrogens is 2. The molecule has 2 aromatic heterocycles. The van der Waals surface area contributed by atoms with Gasteiger partial charge in [-0.1, -0.05) is 13.8 Å². The molecule has 0 saturated carbocycles. The predicted molar refractivity (Wildman–Crippen MR) is 86.9 cm³/mol. The van der Waals surface area contributed by atoms with E-state index in [-0.39, 0.29) is 5.91 Å². The van der Waals surface area contributed by atoms with Crippen LogP contribution in [0.25, 0.3) is 10.9 Å². The second-order valence-electron chi connectivity index (χ2n) is 5.19. The number of nitrogens with zero attached hydrogens (tertiary/aromatic N) is 1. The fourth-order valence-electron chi connectivity index (χ4n) is 2.10. The number of benzene rings is 1. The summed E-state index contributed by atoms with van der Waals surface area (Å²) >= 11 is 1.43. The lowest BCUT2D eigenvalue weighted by Gasteiger charge is -2.01. The quantitative estimate of drug-likeness (QED) is 0.646. The number of hydrogen-bond acceptors (Lipinski definition) is 4. The largest absolute Gasteiger partial charge is 0.399 e. The van der Waals surface area contributed by atoms with E-state index in [4.69, 9.17) is 5.73 Å². The molecule has 0 aliphatic heterocycles. The maximum atomic E-state index is 12.4. The highest BCUT2D eigenvalue weighted by Crippen LogP contribution is 2.24. The molecule has 0 saturated heterocycles. The van der Waals surface area contributed by atoms with E-state index >= 15 is 0 Å². The topological polar surface area (TPSA) is 83.8 Å². The van der Waals surface area contributed by atoms with Crippen molar-refractivity contribution in [1.29, 1.82) is 0 Å². The van der Waals surface area contributed by atoms with Crippen LogP contribution in [0.1, 0.15) is 35.8 Å². The van der Waals surface area contributed by atoms with Crippen LogP contribution < -0.4 is 11.1 Å². The minimum atomic E-state index is -0.184.